The van der Waals surface area contributed by atoms with Crippen LogP contribution < -0.4 is 5.73 Å². The fourth-order valence-corrected chi connectivity index (χ4v) is 3.64. The van der Waals surface area contributed by atoms with E-state index in [2.05, 4.69) is 0 Å². The van der Waals surface area contributed by atoms with E-state index in [0.29, 0.717) is 31.1 Å². The summed E-state index contributed by atoms with van der Waals surface area (Å²) >= 11 is 5.80. The minimum atomic E-state index is -3.43. The Hall–Kier alpha value is -0.660. The Balaban J connectivity index is 2.06. The van der Waals surface area contributed by atoms with Gasteiger partial charge in [-0.2, -0.15) is 17.0 Å². The van der Waals surface area contributed by atoms with Gasteiger partial charge in [-0.3, -0.25) is 0 Å². The Labute approximate surface area is 119 Å². The van der Waals surface area contributed by atoms with Crippen LogP contribution in [0.2, 0.25) is 5.02 Å². The highest BCUT2D eigenvalue weighted by atomic mass is 35.5. The second kappa shape index (κ2) is 5.76. The molecule has 7 heteroatoms. The molecular weight excluding hydrogens is 286 g/mol. The maximum Gasteiger partial charge on any atom is 0.282 e. The third-order valence-electron chi connectivity index (χ3n) is 3.23. The van der Waals surface area contributed by atoms with Gasteiger partial charge in [-0.05, 0) is 24.1 Å². The zero-order chi connectivity index (χ0) is 14.0. The summed E-state index contributed by atoms with van der Waals surface area (Å²) < 4.78 is 27.4. The van der Waals surface area contributed by atoms with E-state index in [9.17, 15) is 8.42 Å². The molecule has 106 valence electrons. The summed E-state index contributed by atoms with van der Waals surface area (Å²) in [6.45, 7) is 1.22. The van der Waals surface area contributed by atoms with Crippen molar-refractivity contribution in [2.45, 2.75) is 19.0 Å². The number of halogens is 1. The van der Waals surface area contributed by atoms with Crippen LogP contribution in [0.3, 0.4) is 0 Å². The molecule has 5 nitrogen and oxygen atoms in total. The van der Waals surface area contributed by atoms with E-state index in [1.54, 1.807) is 19.2 Å². The van der Waals surface area contributed by atoms with Gasteiger partial charge in [0.05, 0.1) is 0 Å². The van der Waals surface area contributed by atoms with Crippen molar-refractivity contribution in [3.8, 4) is 0 Å². The van der Waals surface area contributed by atoms with Gasteiger partial charge in [0.1, 0.15) is 0 Å². The summed E-state index contributed by atoms with van der Waals surface area (Å²) in [6, 6.07) is 7.10. The van der Waals surface area contributed by atoms with Gasteiger partial charge in [0.15, 0.2) is 0 Å². The topological polar surface area (TPSA) is 66.6 Å². The molecule has 1 aromatic carbocycles. The number of rotatable bonds is 4. The average Bonchev–Trinajstić information content (AvgIpc) is 2.79. The zero-order valence-corrected chi connectivity index (χ0v) is 12.4. The fourth-order valence-electron chi connectivity index (χ4n) is 2.09. The molecule has 0 aliphatic carbocycles. The number of hydrogen-bond acceptors (Lipinski definition) is 3. The fraction of sp³-hybridized carbons (Fsp3) is 0.500. The highest BCUT2D eigenvalue weighted by molar-refractivity contribution is 7.86. The summed E-state index contributed by atoms with van der Waals surface area (Å²) in [5, 5.41) is 0.639. The summed E-state index contributed by atoms with van der Waals surface area (Å²) in [7, 11) is -1.85. The molecule has 1 fully saturated rings. The van der Waals surface area contributed by atoms with Crippen LogP contribution in [-0.2, 0) is 16.8 Å². The lowest BCUT2D eigenvalue weighted by Gasteiger charge is -2.24. The molecule has 0 bridgehead atoms. The molecular formula is C12H18ClN3O2S. The van der Waals surface area contributed by atoms with E-state index in [-0.39, 0.29) is 6.04 Å². The number of nitrogens with two attached hydrogens (primary N) is 1. The van der Waals surface area contributed by atoms with Crippen molar-refractivity contribution >= 4 is 21.8 Å². The Kier molecular flexibility index (Phi) is 4.47. The lowest BCUT2D eigenvalue weighted by atomic mass is 10.2. The minimum absolute atomic E-state index is 0.0568. The molecule has 2 rings (SSSR count). The van der Waals surface area contributed by atoms with E-state index < -0.39 is 10.2 Å². The summed E-state index contributed by atoms with van der Waals surface area (Å²) in [5.74, 6) is 0. The summed E-state index contributed by atoms with van der Waals surface area (Å²) in [5.41, 5.74) is 6.65. The van der Waals surface area contributed by atoms with E-state index >= 15 is 0 Å². The van der Waals surface area contributed by atoms with Crippen LogP contribution in [0.4, 0.5) is 0 Å². The van der Waals surface area contributed by atoms with Crippen LogP contribution in [0.25, 0.3) is 0 Å². The molecule has 2 N–H and O–H groups in total. The van der Waals surface area contributed by atoms with Crippen molar-refractivity contribution in [1.29, 1.82) is 0 Å². The molecule has 1 aliphatic rings. The summed E-state index contributed by atoms with van der Waals surface area (Å²) in [6.07, 6.45) is 0.716. The first-order chi connectivity index (χ1) is 8.89. The monoisotopic (exact) mass is 303 g/mol. The van der Waals surface area contributed by atoms with E-state index in [1.165, 1.54) is 8.61 Å². The van der Waals surface area contributed by atoms with Crippen molar-refractivity contribution in [2.24, 2.45) is 5.73 Å². The highest BCUT2D eigenvalue weighted by Crippen LogP contribution is 2.18. The molecule has 19 heavy (non-hydrogen) atoms. The van der Waals surface area contributed by atoms with Crippen LogP contribution >= 0.6 is 11.6 Å². The van der Waals surface area contributed by atoms with Gasteiger partial charge >= 0.3 is 0 Å². The van der Waals surface area contributed by atoms with Gasteiger partial charge in [-0.1, -0.05) is 23.7 Å². The normalized spacial score (nSPS) is 21.2. The maximum atomic E-state index is 12.3. The number of hydrogen-bond donors (Lipinski definition) is 1. The van der Waals surface area contributed by atoms with Crippen LogP contribution in [0.1, 0.15) is 12.0 Å². The first-order valence-corrected chi connectivity index (χ1v) is 7.88. The Bertz CT molecular complexity index is 532. The van der Waals surface area contributed by atoms with Crippen molar-refractivity contribution in [2.75, 3.05) is 20.1 Å². The second-order valence-corrected chi connectivity index (χ2v) is 7.27. The van der Waals surface area contributed by atoms with Gasteiger partial charge in [-0.25, -0.2) is 0 Å². The smallest absolute Gasteiger partial charge is 0.282 e. The van der Waals surface area contributed by atoms with E-state index in [1.807, 2.05) is 12.1 Å². The standard InChI is InChI=1S/C12H18ClN3O2S/c1-15(8-10-2-4-11(13)5-3-10)19(17,18)16-7-6-12(14)9-16/h2-5,12H,6-9,14H2,1H3. The lowest BCUT2D eigenvalue weighted by Crippen LogP contribution is -2.41. The van der Waals surface area contributed by atoms with Crippen molar-refractivity contribution < 1.29 is 8.42 Å². The first kappa shape index (κ1) is 14.7. The van der Waals surface area contributed by atoms with Crippen molar-refractivity contribution in [3.63, 3.8) is 0 Å². The predicted octanol–water partition coefficient (Wildman–Crippen LogP) is 1.05. The Morgan fingerprint density at radius 1 is 1.42 bits per heavy atom. The third kappa shape index (κ3) is 3.46. The largest absolute Gasteiger partial charge is 0.326 e. The molecule has 1 aromatic rings. The van der Waals surface area contributed by atoms with Gasteiger partial charge in [-0.15, -0.1) is 0 Å². The van der Waals surface area contributed by atoms with E-state index in [4.69, 9.17) is 17.3 Å². The molecule has 0 amide bonds. The molecule has 0 radical (unpaired) electrons. The minimum Gasteiger partial charge on any atom is -0.326 e. The van der Waals surface area contributed by atoms with Crippen LogP contribution in [0, 0.1) is 0 Å². The zero-order valence-electron chi connectivity index (χ0n) is 10.8. The molecule has 1 heterocycles. The first-order valence-electron chi connectivity index (χ1n) is 6.11. The molecule has 1 saturated heterocycles. The van der Waals surface area contributed by atoms with Crippen molar-refractivity contribution in [3.05, 3.63) is 34.9 Å². The molecule has 1 atom stereocenters. The van der Waals surface area contributed by atoms with Gasteiger partial charge < -0.3 is 5.73 Å². The lowest BCUT2D eigenvalue weighted by molar-refractivity contribution is 0.389. The van der Waals surface area contributed by atoms with Crippen LogP contribution in [0.15, 0.2) is 24.3 Å². The second-order valence-electron chi connectivity index (χ2n) is 4.80. The highest BCUT2D eigenvalue weighted by Gasteiger charge is 2.32. The predicted molar refractivity (Wildman–Crippen MR) is 76.0 cm³/mol. The molecule has 0 aromatic heterocycles. The van der Waals surface area contributed by atoms with Gasteiger partial charge in [0.2, 0.25) is 0 Å². The third-order valence-corrected chi connectivity index (χ3v) is 5.38. The molecule has 1 unspecified atom stereocenters. The Morgan fingerprint density at radius 3 is 2.58 bits per heavy atom. The molecule has 1 aliphatic heterocycles. The maximum absolute atomic E-state index is 12.3. The number of nitrogens with zero attached hydrogens (tertiary/aromatic N) is 2. The quantitative estimate of drug-likeness (QED) is 0.904. The molecule has 0 saturated carbocycles. The SMILES string of the molecule is CN(Cc1ccc(Cl)cc1)S(=O)(=O)N1CCC(N)C1. The number of benzene rings is 1. The van der Waals surface area contributed by atoms with Gasteiger partial charge in [0.25, 0.3) is 10.2 Å². The van der Waals surface area contributed by atoms with Crippen LogP contribution in [0.5, 0.6) is 0 Å². The van der Waals surface area contributed by atoms with Crippen LogP contribution in [-0.4, -0.2) is 43.2 Å². The average molecular weight is 304 g/mol. The summed E-state index contributed by atoms with van der Waals surface area (Å²) in [4.78, 5) is 0. The Morgan fingerprint density at radius 2 is 2.05 bits per heavy atom. The van der Waals surface area contributed by atoms with Crippen molar-refractivity contribution in [1.82, 2.24) is 8.61 Å². The van der Waals surface area contributed by atoms with Gasteiger partial charge in [0, 0.05) is 37.7 Å². The molecule has 0 spiro atoms. The van der Waals surface area contributed by atoms with E-state index in [0.717, 1.165) is 5.56 Å².